The van der Waals surface area contributed by atoms with E-state index in [1.165, 1.54) is 89.7 Å². The van der Waals surface area contributed by atoms with Gasteiger partial charge >= 0.3 is 0 Å². The van der Waals surface area contributed by atoms with Gasteiger partial charge in [0.05, 0.1) is 0 Å². The molecular formula is C35H51N3. The van der Waals surface area contributed by atoms with Crippen LogP contribution < -0.4 is 5.32 Å². The van der Waals surface area contributed by atoms with Gasteiger partial charge in [0.2, 0.25) is 0 Å². The zero-order chi connectivity index (χ0) is 26.1. The first-order valence-corrected chi connectivity index (χ1v) is 15.9. The molecule has 4 aliphatic rings. The molecule has 1 atom stereocenters. The highest BCUT2D eigenvalue weighted by molar-refractivity contribution is 5.34. The number of nitrogens with one attached hydrogen (secondary N) is 1. The summed E-state index contributed by atoms with van der Waals surface area (Å²) in [6.45, 7) is 13.2. The standard InChI is InChI=1S/C35H51N3/c1-4-27-9-11-28(12-10-27)29-13-15-30(16-14-29)37-21-22-38(31-23-35(24-31)17-19-36-20-18-35)34(25-37)33-8-6-5-7-32(33)26(2)3/h5-12,26,29-31,34,36H,4,13-25H2,1-3H3. The molecule has 1 spiro atoms. The van der Waals surface area contributed by atoms with E-state index in [0.29, 0.717) is 17.4 Å². The Morgan fingerprint density at radius 3 is 2.26 bits per heavy atom. The normalized spacial score (nSPS) is 29.0. The summed E-state index contributed by atoms with van der Waals surface area (Å²) in [6.07, 6.45) is 12.2. The van der Waals surface area contributed by atoms with E-state index in [4.69, 9.17) is 0 Å². The average Bonchev–Trinajstić information content (AvgIpc) is 2.96. The van der Waals surface area contributed by atoms with Crippen LogP contribution in [0.2, 0.25) is 0 Å². The van der Waals surface area contributed by atoms with Crippen LogP contribution in [0.15, 0.2) is 48.5 Å². The zero-order valence-corrected chi connectivity index (χ0v) is 24.3. The van der Waals surface area contributed by atoms with Crippen LogP contribution in [0.1, 0.15) is 112 Å². The lowest BCUT2D eigenvalue weighted by atomic mass is 9.60. The molecule has 2 aromatic rings. The SMILES string of the molecule is CCc1ccc(C2CCC(N3CCN(C4CC5(CCNCC5)C4)C(c4ccccc4C(C)C)C3)CC2)cc1. The molecule has 206 valence electrons. The number of aryl methyl sites for hydroxylation is 1. The van der Waals surface area contributed by atoms with Crippen LogP contribution >= 0.6 is 0 Å². The number of hydrogen-bond donors (Lipinski definition) is 1. The molecule has 0 radical (unpaired) electrons. The second-order valence-electron chi connectivity index (χ2n) is 13.4. The van der Waals surface area contributed by atoms with E-state index in [2.05, 4.69) is 84.4 Å². The van der Waals surface area contributed by atoms with E-state index in [9.17, 15) is 0 Å². The lowest BCUT2D eigenvalue weighted by Crippen LogP contribution is -2.61. The van der Waals surface area contributed by atoms with Gasteiger partial charge in [-0.1, -0.05) is 69.3 Å². The molecule has 0 aromatic heterocycles. The third-order valence-corrected chi connectivity index (χ3v) is 11.0. The first-order valence-electron chi connectivity index (χ1n) is 15.9. The van der Waals surface area contributed by atoms with Crippen molar-refractivity contribution < 1.29 is 0 Å². The van der Waals surface area contributed by atoms with Gasteiger partial charge in [-0.05, 0) is 110 Å². The fourth-order valence-corrected chi connectivity index (χ4v) is 8.54. The Morgan fingerprint density at radius 1 is 0.868 bits per heavy atom. The fourth-order valence-electron chi connectivity index (χ4n) is 8.54. The topological polar surface area (TPSA) is 18.5 Å². The molecule has 3 nitrogen and oxygen atoms in total. The van der Waals surface area contributed by atoms with Gasteiger partial charge in [0.1, 0.15) is 0 Å². The molecule has 1 unspecified atom stereocenters. The Balaban J connectivity index is 1.15. The molecule has 4 fully saturated rings. The highest BCUT2D eigenvalue weighted by Crippen LogP contribution is 2.52. The second kappa shape index (κ2) is 11.4. The molecule has 2 aliphatic carbocycles. The predicted molar refractivity (Wildman–Crippen MR) is 160 cm³/mol. The summed E-state index contributed by atoms with van der Waals surface area (Å²) in [6, 6.07) is 21.0. The number of rotatable bonds is 6. The molecule has 3 heteroatoms. The summed E-state index contributed by atoms with van der Waals surface area (Å²) in [4.78, 5) is 5.87. The van der Waals surface area contributed by atoms with Crippen LogP contribution in [0, 0.1) is 5.41 Å². The third-order valence-electron chi connectivity index (χ3n) is 11.0. The number of piperazine rings is 1. The maximum Gasteiger partial charge on any atom is 0.0481 e. The number of hydrogen-bond acceptors (Lipinski definition) is 3. The fraction of sp³-hybridized carbons (Fsp3) is 0.657. The highest BCUT2D eigenvalue weighted by atomic mass is 15.3. The van der Waals surface area contributed by atoms with Crippen molar-refractivity contribution in [3.8, 4) is 0 Å². The minimum atomic E-state index is 0.547. The van der Waals surface area contributed by atoms with Crippen LogP contribution in [0.3, 0.4) is 0 Å². The summed E-state index contributed by atoms with van der Waals surface area (Å²) >= 11 is 0. The van der Waals surface area contributed by atoms with Crippen molar-refractivity contribution in [1.29, 1.82) is 0 Å². The Morgan fingerprint density at radius 2 is 1.58 bits per heavy atom. The van der Waals surface area contributed by atoms with Crippen molar-refractivity contribution in [1.82, 2.24) is 15.1 Å². The van der Waals surface area contributed by atoms with Crippen molar-refractivity contribution in [3.63, 3.8) is 0 Å². The molecule has 1 N–H and O–H groups in total. The minimum Gasteiger partial charge on any atom is -0.317 e. The van der Waals surface area contributed by atoms with Gasteiger partial charge in [-0.3, -0.25) is 9.80 Å². The molecule has 2 saturated carbocycles. The number of piperidine rings is 1. The second-order valence-corrected chi connectivity index (χ2v) is 13.4. The zero-order valence-electron chi connectivity index (χ0n) is 24.3. The molecule has 2 saturated heterocycles. The van der Waals surface area contributed by atoms with Crippen LogP contribution in [0.25, 0.3) is 0 Å². The largest absolute Gasteiger partial charge is 0.317 e. The van der Waals surface area contributed by atoms with Crippen LogP contribution in [-0.2, 0) is 6.42 Å². The van der Waals surface area contributed by atoms with Crippen molar-refractivity contribution in [3.05, 3.63) is 70.8 Å². The maximum absolute atomic E-state index is 3.60. The van der Waals surface area contributed by atoms with Gasteiger partial charge in [0.15, 0.2) is 0 Å². The monoisotopic (exact) mass is 513 g/mol. The lowest BCUT2D eigenvalue weighted by Gasteiger charge is -2.58. The highest BCUT2D eigenvalue weighted by Gasteiger charge is 2.49. The predicted octanol–water partition coefficient (Wildman–Crippen LogP) is 7.29. The summed E-state index contributed by atoms with van der Waals surface area (Å²) in [5, 5.41) is 3.60. The molecular weight excluding hydrogens is 462 g/mol. The maximum atomic E-state index is 3.60. The van der Waals surface area contributed by atoms with Crippen molar-refractivity contribution >= 4 is 0 Å². The summed E-state index contributed by atoms with van der Waals surface area (Å²) < 4.78 is 0. The third kappa shape index (κ3) is 5.36. The Hall–Kier alpha value is -1.68. The summed E-state index contributed by atoms with van der Waals surface area (Å²) in [5.41, 5.74) is 6.86. The molecule has 2 aromatic carbocycles. The van der Waals surface area contributed by atoms with Gasteiger partial charge in [-0.15, -0.1) is 0 Å². The van der Waals surface area contributed by atoms with E-state index in [1.54, 1.807) is 16.7 Å². The van der Waals surface area contributed by atoms with E-state index in [-0.39, 0.29) is 0 Å². The van der Waals surface area contributed by atoms with Crippen LogP contribution in [-0.4, -0.2) is 54.6 Å². The van der Waals surface area contributed by atoms with Gasteiger partial charge in [-0.25, -0.2) is 0 Å². The van der Waals surface area contributed by atoms with Crippen LogP contribution in [0.4, 0.5) is 0 Å². The number of benzene rings is 2. The average molecular weight is 514 g/mol. The van der Waals surface area contributed by atoms with E-state index < -0.39 is 0 Å². The van der Waals surface area contributed by atoms with Crippen LogP contribution in [0.5, 0.6) is 0 Å². The first-order chi connectivity index (χ1) is 18.5. The van der Waals surface area contributed by atoms with E-state index in [0.717, 1.165) is 24.4 Å². The van der Waals surface area contributed by atoms with Crippen molar-refractivity contribution in [2.75, 3.05) is 32.7 Å². The van der Waals surface area contributed by atoms with E-state index in [1.807, 2.05) is 0 Å². The Kier molecular flexibility index (Phi) is 7.99. The van der Waals surface area contributed by atoms with Gasteiger partial charge in [-0.2, -0.15) is 0 Å². The van der Waals surface area contributed by atoms with Crippen molar-refractivity contribution in [2.45, 2.75) is 109 Å². The summed E-state index contributed by atoms with van der Waals surface area (Å²) in [7, 11) is 0. The molecule has 0 bridgehead atoms. The lowest BCUT2D eigenvalue weighted by molar-refractivity contribution is -0.0717. The van der Waals surface area contributed by atoms with E-state index >= 15 is 0 Å². The Bertz CT molecular complexity index is 1040. The quantitative estimate of drug-likeness (QED) is 0.437. The minimum absolute atomic E-state index is 0.547. The Labute approximate surface area is 232 Å². The molecule has 38 heavy (non-hydrogen) atoms. The molecule has 6 rings (SSSR count). The first kappa shape index (κ1) is 26.5. The summed E-state index contributed by atoms with van der Waals surface area (Å²) in [5.74, 6) is 1.34. The van der Waals surface area contributed by atoms with Crippen molar-refractivity contribution in [2.24, 2.45) is 5.41 Å². The smallest absolute Gasteiger partial charge is 0.0481 e. The molecule has 2 aliphatic heterocycles. The number of nitrogens with zero attached hydrogens (tertiary/aromatic N) is 2. The molecule has 2 heterocycles. The van der Waals surface area contributed by atoms with Gasteiger partial charge in [0, 0.05) is 37.8 Å². The van der Waals surface area contributed by atoms with Gasteiger partial charge < -0.3 is 5.32 Å². The molecule has 0 amide bonds. The van der Waals surface area contributed by atoms with Gasteiger partial charge in [0.25, 0.3) is 0 Å².